The van der Waals surface area contributed by atoms with Gasteiger partial charge in [-0.2, -0.15) is 0 Å². The third-order valence-electron chi connectivity index (χ3n) is 13.4. The minimum atomic E-state index is -0.360. The van der Waals surface area contributed by atoms with E-state index in [-0.39, 0.29) is 59.5 Å². The first-order valence-electron chi connectivity index (χ1n) is 20.4. The highest BCUT2D eigenvalue weighted by Crippen LogP contribution is 2.55. The van der Waals surface area contributed by atoms with Crippen LogP contribution in [0.3, 0.4) is 0 Å². The molecule has 4 aliphatic rings. The van der Waals surface area contributed by atoms with Crippen molar-refractivity contribution in [1.29, 1.82) is 0 Å². The molecule has 4 N–H and O–H groups in total. The van der Waals surface area contributed by atoms with Gasteiger partial charge in [0.05, 0.1) is 0 Å². The molecule has 0 radical (unpaired) electrons. The molecule has 3 aliphatic carbocycles. The van der Waals surface area contributed by atoms with Crippen LogP contribution in [-0.2, 0) is 13.1 Å². The van der Waals surface area contributed by atoms with Crippen molar-refractivity contribution < 1.29 is 19.2 Å². The molecule has 9 rings (SSSR count). The van der Waals surface area contributed by atoms with Crippen molar-refractivity contribution in [2.75, 3.05) is 13.1 Å². The lowest BCUT2D eigenvalue weighted by Gasteiger charge is -2.56. The van der Waals surface area contributed by atoms with Crippen molar-refractivity contribution in [3.63, 3.8) is 0 Å². The molecule has 3 heterocycles. The predicted octanol–water partition coefficient (Wildman–Crippen LogP) is 6.98. The average Bonchev–Trinajstić information content (AvgIpc) is 3.25. The normalized spacial score (nSPS) is 26.1. The number of aromatic nitrogens is 2. The van der Waals surface area contributed by atoms with Crippen molar-refractivity contribution in [1.82, 2.24) is 31.2 Å². The van der Waals surface area contributed by atoms with E-state index >= 15 is 0 Å². The van der Waals surface area contributed by atoms with Crippen LogP contribution < -0.4 is 21.3 Å². The molecule has 1 aliphatic heterocycles. The Balaban J connectivity index is 1.08. The van der Waals surface area contributed by atoms with E-state index in [1.165, 1.54) is 25.7 Å². The molecule has 10 nitrogen and oxygen atoms in total. The van der Waals surface area contributed by atoms with E-state index in [0.29, 0.717) is 48.6 Å². The number of fused-ring (bicyclic) bond motifs is 10. The number of hydrogen-bond donors (Lipinski definition) is 4. The zero-order valence-corrected chi connectivity index (χ0v) is 31.6. The second-order valence-electron chi connectivity index (χ2n) is 16.2. The lowest BCUT2D eigenvalue weighted by molar-refractivity contribution is -0.0585. The molecule has 2 aromatic heterocycles. The van der Waals surface area contributed by atoms with Crippen LogP contribution in [0.4, 0.5) is 0 Å². The van der Waals surface area contributed by atoms with Gasteiger partial charge in [0.2, 0.25) is 0 Å². The fourth-order valence-corrected chi connectivity index (χ4v) is 10.9. The van der Waals surface area contributed by atoms with Crippen molar-refractivity contribution in [2.45, 2.75) is 64.5 Å². The molecule has 10 heteroatoms. The SMILES string of the molecule is O=C1NCc2c3ccccc3c(c3ccccc23)CNC(=O)c2cccc(n2)C(=O)NCC2[C@H]3CCCCC3C(CNC(=O)c3cccc1n3)[C@H]1CCCC[C@@H]21. The maximum atomic E-state index is 13.8. The Hall–Kier alpha value is -5.64. The second-order valence-corrected chi connectivity index (χ2v) is 16.2. The highest BCUT2D eigenvalue weighted by Gasteiger charge is 2.51. The lowest BCUT2D eigenvalue weighted by Crippen LogP contribution is -2.54. The molecule has 0 spiro atoms. The number of nitrogens with zero attached hydrogens (tertiary/aromatic N) is 2. The van der Waals surface area contributed by atoms with E-state index in [2.05, 4.69) is 31.2 Å². The second kappa shape index (κ2) is 15.5. The van der Waals surface area contributed by atoms with Gasteiger partial charge in [0, 0.05) is 26.2 Å². The zero-order valence-electron chi connectivity index (χ0n) is 31.6. The predicted molar refractivity (Wildman–Crippen MR) is 215 cm³/mol. The van der Waals surface area contributed by atoms with Crippen LogP contribution in [0.2, 0.25) is 0 Å². The van der Waals surface area contributed by atoms with E-state index in [1.807, 2.05) is 48.5 Å². The summed E-state index contributed by atoms with van der Waals surface area (Å²) in [5, 5.41) is 16.5. The van der Waals surface area contributed by atoms with Gasteiger partial charge in [0.1, 0.15) is 22.8 Å². The summed E-state index contributed by atoms with van der Waals surface area (Å²) in [5.74, 6) is 1.29. The molecular weight excluding hydrogens is 701 g/mol. The van der Waals surface area contributed by atoms with Gasteiger partial charge in [-0.05, 0) is 118 Å². The van der Waals surface area contributed by atoms with Gasteiger partial charge >= 0.3 is 0 Å². The quantitative estimate of drug-likeness (QED) is 0.126. The van der Waals surface area contributed by atoms with Crippen LogP contribution in [0.15, 0.2) is 84.9 Å². The maximum absolute atomic E-state index is 13.8. The molecule has 3 fully saturated rings. The van der Waals surface area contributed by atoms with Gasteiger partial charge in [-0.25, -0.2) is 9.97 Å². The largest absolute Gasteiger partial charge is 0.350 e. The number of amides is 4. The van der Waals surface area contributed by atoms with Crippen LogP contribution in [0.5, 0.6) is 0 Å². The molecule has 286 valence electrons. The van der Waals surface area contributed by atoms with Gasteiger partial charge in [-0.15, -0.1) is 0 Å². The Morgan fingerprint density at radius 2 is 0.679 bits per heavy atom. The third kappa shape index (κ3) is 6.79. The number of rotatable bonds is 0. The number of carbonyl (C=O) groups excluding carboxylic acids is 4. The standard InChI is InChI=1S/C46H48N6O4/c53-43-39-19-9-21-41(51-39)45(55)49-25-37-31-15-5-7-17-33(31)38(34-18-8-6-16-32(34)37)26-50-46(56)42-22-10-20-40(52-42)44(54)48-24-36-28-12-2-1-11-27(28)35(23-47-43)29-13-3-4-14-30(29)36/h1-4,9-14,19-22,31-34,37-38H,5-8,15-18,23-26H2,(H,47,53)(H,48,54)(H,49,55)(H,50,56)/t31-,32+,33+,34?,37?,38?/m1/s1. The summed E-state index contributed by atoms with van der Waals surface area (Å²) in [6, 6.07) is 26.0. The molecular formula is C46H48N6O4. The monoisotopic (exact) mass is 748 g/mol. The number of pyridine rings is 2. The Bertz CT molecular complexity index is 2100. The van der Waals surface area contributed by atoms with Crippen molar-refractivity contribution in [3.8, 4) is 0 Å². The molecule has 5 aromatic rings. The molecule has 0 saturated heterocycles. The Labute approximate surface area is 326 Å². The number of benzene rings is 3. The topological polar surface area (TPSA) is 142 Å². The van der Waals surface area contributed by atoms with Crippen LogP contribution in [0.1, 0.15) is 104 Å². The summed E-state index contributed by atoms with van der Waals surface area (Å²) >= 11 is 0. The zero-order chi connectivity index (χ0) is 38.2. The lowest BCUT2D eigenvalue weighted by atomic mass is 9.50. The number of nitrogens with one attached hydrogen (secondary N) is 4. The summed E-state index contributed by atoms with van der Waals surface area (Å²) in [5.41, 5.74) is 2.71. The Morgan fingerprint density at radius 1 is 0.375 bits per heavy atom. The first-order valence-corrected chi connectivity index (χ1v) is 20.4. The first-order chi connectivity index (χ1) is 27.4. The summed E-state index contributed by atoms with van der Waals surface area (Å²) < 4.78 is 0. The molecule has 56 heavy (non-hydrogen) atoms. The van der Waals surface area contributed by atoms with E-state index < -0.39 is 0 Å². The molecule has 4 amide bonds. The van der Waals surface area contributed by atoms with Crippen molar-refractivity contribution >= 4 is 45.2 Å². The highest BCUT2D eigenvalue weighted by atomic mass is 16.2. The van der Waals surface area contributed by atoms with Gasteiger partial charge in [-0.3, -0.25) is 19.2 Å². The smallest absolute Gasteiger partial charge is 0.270 e. The van der Waals surface area contributed by atoms with Gasteiger partial charge < -0.3 is 21.3 Å². The fraction of sp³-hybridized carbons (Fsp3) is 0.391. The number of carbonyl (C=O) groups is 4. The fourth-order valence-electron chi connectivity index (χ4n) is 10.9. The van der Waals surface area contributed by atoms with Gasteiger partial charge in [0.15, 0.2) is 0 Å². The van der Waals surface area contributed by atoms with E-state index in [1.54, 1.807) is 36.4 Å². The molecule has 6 atom stereocenters. The summed E-state index contributed by atoms with van der Waals surface area (Å²) in [4.78, 5) is 64.0. The summed E-state index contributed by atoms with van der Waals surface area (Å²) in [6.07, 6.45) is 9.20. The molecule has 8 bridgehead atoms. The van der Waals surface area contributed by atoms with Crippen LogP contribution in [0, 0.1) is 35.5 Å². The van der Waals surface area contributed by atoms with Crippen LogP contribution >= 0.6 is 0 Å². The minimum Gasteiger partial charge on any atom is -0.350 e. The van der Waals surface area contributed by atoms with Crippen molar-refractivity contribution in [2.24, 2.45) is 35.5 Å². The first kappa shape index (κ1) is 36.0. The minimum absolute atomic E-state index is 0.187. The van der Waals surface area contributed by atoms with Gasteiger partial charge in [0.25, 0.3) is 23.6 Å². The van der Waals surface area contributed by atoms with Crippen LogP contribution in [-0.4, -0.2) is 46.7 Å². The summed E-state index contributed by atoms with van der Waals surface area (Å²) in [7, 11) is 0. The summed E-state index contributed by atoms with van der Waals surface area (Å²) in [6.45, 7) is 1.62. The Kier molecular flexibility index (Phi) is 9.96. The van der Waals surface area contributed by atoms with E-state index in [0.717, 1.165) is 58.4 Å². The van der Waals surface area contributed by atoms with E-state index in [9.17, 15) is 19.2 Å². The number of hydrogen-bond acceptors (Lipinski definition) is 6. The molecule has 3 unspecified atom stereocenters. The van der Waals surface area contributed by atoms with Crippen molar-refractivity contribution in [3.05, 3.63) is 119 Å². The van der Waals surface area contributed by atoms with Crippen LogP contribution in [0.25, 0.3) is 21.5 Å². The van der Waals surface area contributed by atoms with E-state index in [4.69, 9.17) is 0 Å². The Morgan fingerprint density at radius 3 is 1.00 bits per heavy atom. The molecule has 3 saturated carbocycles. The maximum Gasteiger partial charge on any atom is 0.270 e. The molecule has 3 aromatic carbocycles. The third-order valence-corrected chi connectivity index (χ3v) is 13.4. The van der Waals surface area contributed by atoms with Gasteiger partial charge in [-0.1, -0.05) is 86.3 Å². The average molecular weight is 749 g/mol. The highest BCUT2D eigenvalue weighted by molar-refractivity contribution is 6.07.